The van der Waals surface area contributed by atoms with Gasteiger partial charge in [0.25, 0.3) is 0 Å². The van der Waals surface area contributed by atoms with Gasteiger partial charge >= 0.3 is 0 Å². The lowest BCUT2D eigenvalue weighted by atomic mass is 9.75. The summed E-state index contributed by atoms with van der Waals surface area (Å²) in [6.07, 6.45) is 13.4. The minimum absolute atomic E-state index is 1.01. The molecule has 0 bridgehead atoms. The summed E-state index contributed by atoms with van der Waals surface area (Å²) in [5.41, 5.74) is 0. The summed E-state index contributed by atoms with van der Waals surface area (Å²) in [4.78, 5) is 0. The number of hydrogen-bond donors (Lipinski definition) is 1. The lowest BCUT2D eigenvalue weighted by Gasteiger charge is -2.31. The zero-order chi connectivity index (χ0) is 11.2. The van der Waals surface area contributed by atoms with E-state index in [0.717, 1.165) is 17.8 Å². The molecule has 0 radical (unpaired) electrons. The van der Waals surface area contributed by atoms with Crippen molar-refractivity contribution in [2.45, 2.75) is 64.7 Å². The zero-order valence-corrected chi connectivity index (χ0v) is 11.0. The Morgan fingerprint density at radius 3 is 2.50 bits per heavy atom. The van der Waals surface area contributed by atoms with Gasteiger partial charge < -0.3 is 5.32 Å². The summed E-state index contributed by atoms with van der Waals surface area (Å²) in [5, 5.41) is 3.65. The summed E-state index contributed by atoms with van der Waals surface area (Å²) in [5.74, 6) is 3.17. The van der Waals surface area contributed by atoms with Crippen molar-refractivity contribution in [3.8, 4) is 0 Å². The van der Waals surface area contributed by atoms with Gasteiger partial charge in [-0.1, -0.05) is 45.4 Å². The largest absolute Gasteiger partial charge is 0.316 e. The molecule has 2 atom stereocenters. The van der Waals surface area contributed by atoms with E-state index in [1.165, 1.54) is 70.9 Å². The van der Waals surface area contributed by atoms with Crippen molar-refractivity contribution in [1.29, 1.82) is 0 Å². The molecule has 2 aliphatic carbocycles. The standard InChI is InChI=1S/C15H29N/c1-2-11-16-12-14-9-6-10-15(14)13-7-4-3-5-8-13/h13-16H,2-12H2,1H3. The first-order valence-electron chi connectivity index (χ1n) is 7.62. The van der Waals surface area contributed by atoms with Crippen molar-refractivity contribution in [2.24, 2.45) is 17.8 Å². The van der Waals surface area contributed by atoms with Crippen LogP contribution in [0.2, 0.25) is 0 Å². The Morgan fingerprint density at radius 2 is 1.75 bits per heavy atom. The molecule has 2 fully saturated rings. The molecule has 0 amide bonds. The summed E-state index contributed by atoms with van der Waals surface area (Å²) < 4.78 is 0. The van der Waals surface area contributed by atoms with Gasteiger partial charge in [0, 0.05) is 0 Å². The second kappa shape index (κ2) is 6.64. The molecule has 1 heteroatoms. The Kier molecular flexibility index (Phi) is 5.15. The quantitative estimate of drug-likeness (QED) is 0.695. The second-order valence-corrected chi connectivity index (χ2v) is 5.96. The Morgan fingerprint density at radius 1 is 0.938 bits per heavy atom. The summed E-state index contributed by atoms with van der Waals surface area (Å²) >= 11 is 0. The molecule has 2 aliphatic rings. The van der Waals surface area contributed by atoms with E-state index >= 15 is 0 Å². The van der Waals surface area contributed by atoms with Gasteiger partial charge in [0.2, 0.25) is 0 Å². The molecule has 0 spiro atoms. The summed E-state index contributed by atoms with van der Waals surface area (Å²) in [7, 11) is 0. The van der Waals surface area contributed by atoms with Crippen LogP contribution in [0.5, 0.6) is 0 Å². The van der Waals surface area contributed by atoms with Gasteiger partial charge in [0.15, 0.2) is 0 Å². The molecule has 94 valence electrons. The highest BCUT2D eigenvalue weighted by molar-refractivity contribution is 4.85. The minimum atomic E-state index is 1.01. The molecule has 1 nitrogen and oxygen atoms in total. The molecule has 2 unspecified atom stereocenters. The van der Waals surface area contributed by atoms with Crippen LogP contribution < -0.4 is 5.32 Å². The van der Waals surface area contributed by atoms with Crippen LogP contribution in [-0.2, 0) is 0 Å². The molecule has 0 aromatic carbocycles. The predicted molar refractivity (Wildman–Crippen MR) is 70.6 cm³/mol. The van der Waals surface area contributed by atoms with Crippen LogP contribution in [0, 0.1) is 17.8 Å². The Bertz CT molecular complexity index is 184. The SMILES string of the molecule is CCCNCC1CCCC1C1CCCCC1. The first-order valence-corrected chi connectivity index (χ1v) is 7.62. The van der Waals surface area contributed by atoms with E-state index in [2.05, 4.69) is 12.2 Å². The van der Waals surface area contributed by atoms with Gasteiger partial charge in [0.05, 0.1) is 0 Å². The average molecular weight is 223 g/mol. The van der Waals surface area contributed by atoms with Crippen LogP contribution in [0.15, 0.2) is 0 Å². The maximum Gasteiger partial charge on any atom is -0.00178 e. The van der Waals surface area contributed by atoms with Gasteiger partial charge in [-0.2, -0.15) is 0 Å². The van der Waals surface area contributed by atoms with Gasteiger partial charge in [-0.3, -0.25) is 0 Å². The minimum Gasteiger partial charge on any atom is -0.316 e. The van der Waals surface area contributed by atoms with Crippen LogP contribution in [0.1, 0.15) is 64.7 Å². The van der Waals surface area contributed by atoms with Crippen molar-refractivity contribution in [3.05, 3.63) is 0 Å². The van der Waals surface area contributed by atoms with Gasteiger partial charge in [0.1, 0.15) is 0 Å². The molecule has 0 aromatic heterocycles. The van der Waals surface area contributed by atoms with Crippen molar-refractivity contribution in [2.75, 3.05) is 13.1 Å². The monoisotopic (exact) mass is 223 g/mol. The van der Waals surface area contributed by atoms with Gasteiger partial charge in [-0.15, -0.1) is 0 Å². The maximum absolute atomic E-state index is 3.65. The molecule has 0 heterocycles. The fourth-order valence-corrected chi connectivity index (χ4v) is 3.97. The highest BCUT2D eigenvalue weighted by Gasteiger charge is 2.33. The molecular weight excluding hydrogens is 194 g/mol. The molecule has 0 aliphatic heterocycles. The van der Waals surface area contributed by atoms with Crippen LogP contribution >= 0.6 is 0 Å². The predicted octanol–water partition coefficient (Wildman–Crippen LogP) is 3.98. The molecular formula is C15H29N. The average Bonchev–Trinajstić information content (AvgIpc) is 2.79. The van der Waals surface area contributed by atoms with E-state index in [1.54, 1.807) is 0 Å². The van der Waals surface area contributed by atoms with E-state index in [-0.39, 0.29) is 0 Å². The van der Waals surface area contributed by atoms with E-state index in [0.29, 0.717) is 0 Å². The number of nitrogens with one attached hydrogen (secondary N) is 1. The van der Waals surface area contributed by atoms with Gasteiger partial charge in [-0.25, -0.2) is 0 Å². The molecule has 0 saturated heterocycles. The lowest BCUT2D eigenvalue weighted by Crippen LogP contribution is -2.30. The topological polar surface area (TPSA) is 12.0 Å². The van der Waals surface area contributed by atoms with Crippen molar-refractivity contribution >= 4 is 0 Å². The van der Waals surface area contributed by atoms with Crippen LogP contribution in [0.3, 0.4) is 0 Å². The summed E-state index contributed by atoms with van der Waals surface area (Å²) in [6, 6.07) is 0. The molecule has 0 aromatic rings. The Balaban J connectivity index is 1.77. The highest BCUT2D eigenvalue weighted by atomic mass is 14.9. The van der Waals surface area contributed by atoms with Crippen LogP contribution in [0.25, 0.3) is 0 Å². The van der Waals surface area contributed by atoms with Gasteiger partial charge in [-0.05, 0) is 50.1 Å². The Labute approximate surface area is 101 Å². The number of hydrogen-bond acceptors (Lipinski definition) is 1. The Hall–Kier alpha value is -0.0400. The molecule has 1 N–H and O–H groups in total. The molecule has 2 saturated carbocycles. The molecule has 2 rings (SSSR count). The first kappa shape index (κ1) is 12.4. The van der Waals surface area contributed by atoms with Crippen molar-refractivity contribution in [3.63, 3.8) is 0 Å². The normalized spacial score (nSPS) is 32.1. The third-order valence-corrected chi connectivity index (χ3v) is 4.81. The third-order valence-electron chi connectivity index (χ3n) is 4.81. The van der Waals surface area contributed by atoms with Crippen LogP contribution in [0.4, 0.5) is 0 Å². The highest BCUT2D eigenvalue weighted by Crippen LogP contribution is 2.42. The molecule has 16 heavy (non-hydrogen) atoms. The van der Waals surface area contributed by atoms with E-state index in [4.69, 9.17) is 0 Å². The van der Waals surface area contributed by atoms with E-state index in [9.17, 15) is 0 Å². The fraction of sp³-hybridized carbons (Fsp3) is 1.00. The maximum atomic E-state index is 3.65. The lowest BCUT2D eigenvalue weighted by molar-refractivity contribution is 0.199. The second-order valence-electron chi connectivity index (χ2n) is 5.96. The summed E-state index contributed by atoms with van der Waals surface area (Å²) in [6.45, 7) is 4.78. The number of rotatable bonds is 5. The van der Waals surface area contributed by atoms with Crippen molar-refractivity contribution in [1.82, 2.24) is 5.32 Å². The smallest absolute Gasteiger partial charge is 0.00178 e. The van der Waals surface area contributed by atoms with E-state index in [1.807, 2.05) is 0 Å². The van der Waals surface area contributed by atoms with Crippen LogP contribution in [-0.4, -0.2) is 13.1 Å². The van der Waals surface area contributed by atoms with Crippen molar-refractivity contribution < 1.29 is 0 Å². The fourth-order valence-electron chi connectivity index (χ4n) is 3.97. The third kappa shape index (κ3) is 3.23. The zero-order valence-electron chi connectivity index (χ0n) is 11.0. The first-order chi connectivity index (χ1) is 7.92. The van der Waals surface area contributed by atoms with E-state index < -0.39 is 0 Å².